The zero-order valence-electron chi connectivity index (χ0n) is 19.9. The number of carbonyl (C=O) groups is 1. The second kappa shape index (κ2) is 13.4. The standard InChI is InChI=1S/C25H39N5O2.HI/c1-2-26-25(29-21-14-16-30(17-21)22-5-3-4-6-22)27-15-13-19-7-11-23(12-8-19)32-18-24(31)28-20-9-10-20;/h7-8,11-12,20-22H,2-6,9-10,13-18H2,1H3,(H,28,31)(H2,26,27,29);1H. The first-order chi connectivity index (χ1) is 15.7. The molecule has 1 amide bonds. The molecule has 3 N–H and O–H groups in total. The normalized spacial score (nSPS) is 21.5. The molecule has 1 aromatic rings. The molecule has 1 aromatic carbocycles. The predicted octanol–water partition coefficient (Wildman–Crippen LogP) is 3.08. The van der Waals surface area contributed by atoms with Gasteiger partial charge in [-0.1, -0.05) is 25.0 Å². The molecule has 1 atom stereocenters. The molecule has 7 nitrogen and oxygen atoms in total. The summed E-state index contributed by atoms with van der Waals surface area (Å²) in [5, 5.41) is 9.98. The van der Waals surface area contributed by atoms with Gasteiger partial charge in [0.1, 0.15) is 5.75 Å². The SMILES string of the molecule is CCNC(=NCCc1ccc(OCC(=O)NC2CC2)cc1)NC1CCN(C2CCCC2)C1.I. The number of rotatable bonds is 10. The second-order valence-electron chi connectivity index (χ2n) is 9.35. The molecule has 3 aliphatic rings. The monoisotopic (exact) mass is 569 g/mol. The zero-order chi connectivity index (χ0) is 22.2. The van der Waals surface area contributed by atoms with Gasteiger partial charge >= 0.3 is 0 Å². The lowest BCUT2D eigenvalue weighted by atomic mass is 10.1. The van der Waals surface area contributed by atoms with E-state index in [4.69, 9.17) is 9.73 Å². The summed E-state index contributed by atoms with van der Waals surface area (Å²) in [4.78, 5) is 19.2. The van der Waals surface area contributed by atoms with Crippen LogP contribution in [0, 0.1) is 0 Å². The number of hydrogen-bond acceptors (Lipinski definition) is 4. The second-order valence-corrected chi connectivity index (χ2v) is 9.35. The summed E-state index contributed by atoms with van der Waals surface area (Å²) in [6, 6.07) is 9.64. The third-order valence-electron chi connectivity index (χ3n) is 6.65. The average molecular weight is 570 g/mol. The Balaban J connectivity index is 0.00000306. The van der Waals surface area contributed by atoms with Crippen LogP contribution in [0.5, 0.6) is 5.75 Å². The summed E-state index contributed by atoms with van der Waals surface area (Å²) in [6.07, 6.45) is 9.79. The predicted molar refractivity (Wildman–Crippen MR) is 144 cm³/mol. The number of carbonyl (C=O) groups excluding carboxylic acids is 1. The Kier molecular flexibility index (Phi) is 10.6. The maximum atomic E-state index is 11.7. The van der Waals surface area contributed by atoms with Crippen molar-refractivity contribution < 1.29 is 9.53 Å². The van der Waals surface area contributed by atoms with E-state index in [0.29, 0.717) is 12.1 Å². The molecule has 0 spiro atoms. The number of aliphatic imine (C=N–C) groups is 1. The Morgan fingerprint density at radius 3 is 2.52 bits per heavy atom. The molecule has 1 aliphatic heterocycles. The van der Waals surface area contributed by atoms with E-state index in [0.717, 1.165) is 56.6 Å². The van der Waals surface area contributed by atoms with Crippen LogP contribution < -0.4 is 20.7 Å². The number of hydrogen-bond donors (Lipinski definition) is 3. The van der Waals surface area contributed by atoms with Crippen molar-refractivity contribution >= 4 is 35.8 Å². The van der Waals surface area contributed by atoms with Crippen LogP contribution in [0.3, 0.4) is 0 Å². The van der Waals surface area contributed by atoms with Crippen LogP contribution in [0.4, 0.5) is 0 Å². The average Bonchev–Trinajstić information content (AvgIpc) is 3.25. The summed E-state index contributed by atoms with van der Waals surface area (Å²) in [5.74, 6) is 1.61. The smallest absolute Gasteiger partial charge is 0.258 e. The highest BCUT2D eigenvalue weighted by Gasteiger charge is 2.30. The number of benzene rings is 1. The van der Waals surface area contributed by atoms with Gasteiger partial charge in [0.15, 0.2) is 12.6 Å². The third-order valence-corrected chi connectivity index (χ3v) is 6.65. The van der Waals surface area contributed by atoms with Crippen molar-refractivity contribution in [3.8, 4) is 5.75 Å². The third kappa shape index (κ3) is 8.63. The van der Waals surface area contributed by atoms with Crippen molar-refractivity contribution in [2.24, 2.45) is 4.99 Å². The van der Waals surface area contributed by atoms with Crippen molar-refractivity contribution in [3.63, 3.8) is 0 Å². The minimum Gasteiger partial charge on any atom is -0.484 e. The summed E-state index contributed by atoms with van der Waals surface area (Å²) >= 11 is 0. The first-order valence-corrected chi connectivity index (χ1v) is 12.5. The molecule has 0 aromatic heterocycles. The Bertz CT molecular complexity index is 763. The van der Waals surface area contributed by atoms with Gasteiger partial charge in [-0.2, -0.15) is 0 Å². The Hall–Kier alpha value is -1.55. The van der Waals surface area contributed by atoms with Gasteiger partial charge in [-0.25, -0.2) is 0 Å². The van der Waals surface area contributed by atoms with E-state index in [9.17, 15) is 4.79 Å². The van der Waals surface area contributed by atoms with Gasteiger partial charge in [0.25, 0.3) is 5.91 Å². The number of halogens is 1. The molecule has 2 saturated carbocycles. The number of guanidine groups is 1. The fraction of sp³-hybridized carbons (Fsp3) is 0.680. The summed E-state index contributed by atoms with van der Waals surface area (Å²) < 4.78 is 5.58. The van der Waals surface area contributed by atoms with Gasteiger partial charge < -0.3 is 20.7 Å². The lowest BCUT2D eigenvalue weighted by Gasteiger charge is -2.24. The molecule has 0 bridgehead atoms. The van der Waals surface area contributed by atoms with Crippen LogP contribution in [0.1, 0.15) is 57.4 Å². The molecule has 1 unspecified atom stereocenters. The number of likely N-dealkylation sites (tertiary alicyclic amines) is 1. The molecule has 2 aliphatic carbocycles. The van der Waals surface area contributed by atoms with Crippen molar-refractivity contribution in [2.75, 3.05) is 32.8 Å². The van der Waals surface area contributed by atoms with Gasteiger partial charge in [-0.05, 0) is 63.1 Å². The van der Waals surface area contributed by atoms with Crippen LogP contribution in [0.25, 0.3) is 0 Å². The van der Waals surface area contributed by atoms with Gasteiger partial charge in [0.2, 0.25) is 0 Å². The van der Waals surface area contributed by atoms with Gasteiger partial charge in [0.05, 0.1) is 0 Å². The van der Waals surface area contributed by atoms with E-state index in [1.165, 1.54) is 44.2 Å². The molecule has 4 rings (SSSR count). The largest absolute Gasteiger partial charge is 0.484 e. The minimum atomic E-state index is -0.0389. The summed E-state index contributed by atoms with van der Waals surface area (Å²) in [6.45, 7) is 6.13. The fourth-order valence-corrected chi connectivity index (χ4v) is 4.71. The number of nitrogens with one attached hydrogen (secondary N) is 3. The van der Waals surface area contributed by atoms with Crippen LogP contribution in [0.2, 0.25) is 0 Å². The van der Waals surface area contributed by atoms with Crippen LogP contribution in [0.15, 0.2) is 29.3 Å². The Labute approximate surface area is 215 Å². The first-order valence-electron chi connectivity index (χ1n) is 12.5. The minimum absolute atomic E-state index is 0. The Morgan fingerprint density at radius 2 is 1.82 bits per heavy atom. The molecule has 184 valence electrons. The van der Waals surface area contributed by atoms with E-state index in [-0.39, 0.29) is 36.5 Å². The van der Waals surface area contributed by atoms with E-state index in [1.807, 2.05) is 12.1 Å². The maximum absolute atomic E-state index is 11.7. The van der Waals surface area contributed by atoms with E-state index in [1.54, 1.807) is 0 Å². The molecular formula is C25H40IN5O2. The molecular weight excluding hydrogens is 529 g/mol. The lowest BCUT2D eigenvalue weighted by Crippen LogP contribution is -2.45. The van der Waals surface area contributed by atoms with Crippen LogP contribution in [-0.2, 0) is 11.2 Å². The van der Waals surface area contributed by atoms with Crippen molar-refractivity contribution in [1.82, 2.24) is 20.9 Å². The molecule has 3 fully saturated rings. The van der Waals surface area contributed by atoms with Crippen LogP contribution >= 0.6 is 24.0 Å². The number of ether oxygens (including phenoxy) is 1. The molecule has 1 saturated heterocycles. The molecule has 33 heavy (non-hydrogen) atoms. The van der Waals surface area contributed by atoms with Gasteiger partial charge in [0, 0.05) is 44.3 Å². The van der Waals surface area contributed by atoms with E-state index in [2.05, 4.69) is 39.9 Å². The highest BCUT2D eigenvalue weighted by atomic mass is 127. The first kappa shape index (κ1) is 26.1. The van der Waals surface area contributed by atoms with E-state index >= 15 is 0 Å². The van der Waals surface area contributed by atoms with Crippen molar-refractivity contribution in [3.05, 3.63) is 29.8 Å². The number of amides is 1. The molecule has 0 radical (unpaired) electrons. The van der Waals surface area contributed by atoms with E-state index < -0.39 is 0 Å². The van der Waals surface area contributed by atoms with Crippen LogP contribution in [-0.4, -0.2) is 67.7 Å². The van der Waals surface area contributed by atoms with Gasteiger partial charge in [-0.3, -0.25) is 14.7 Å². The zero-order valence-corrected chi connectivity index (χ0v) is 22.2. The molecule has 1 heterocycles. The lowest BCUT2D eigenvalue weighted by molar-refractivity contribution is -0.123. The fourth-order valence-electron chi connectivity index (χ4n) is 4.71. The van der Waals surface area contributed by atoms with Gasteiger partial charge in [-0.15, -0.1) is 24.0 Å². The summed E-state index contributed by atoms with van der Waals surface area (Å²) in [5.41, 5.74) is 1.22. The quantitative estimate of drug-likeness (QED) is 0.230. The topological polar surface area (TPSA) is 78.0 Å². The molecule has 8 heteroatoms. The maximum Gasteiger partial charge on any atom is 0.258 e. The summed E-state index contributed by atoms with van der Waals surface area (Å²) in [7, 11) is 0. The Morgan fingerprint density at radius 1 is 1.06 bits per heavy atom. The number of nitrogens with zero attached hydrogens (tertiary/aromatic N) is 2. The van der Waals surface area contributed by atoms with Crippen molar-refractivity contribution in [2.45, 2.75) is 76.4 Å². The highest BCUT2D eigenvalue weighted by Crippen LogP contribution is 2.26. The van der Waals surface area contributed by atoms with Crippen molar-refractivity contribution in [1.29, 1.82) is 0 Å². The highest BCUT2D eigenvalue weighted by molar-refractivity contribution is 14.0.